The Morgan fingerprint density at radius 3 is 2.65 bits per heavy atom. The first-order chi connectivity index (χ1) is 12.1. The SMILES string of the molecule is CN=C(NCCn1c(C)nc2ccccc21)NCc1c(C)noc1C.I. The molecule has 0 fully saturated rings. The topological polar surface area (TPSA) is 80.3 Å². The molecule has 7 nitrogen and oxygen atoms in total. The minimum atomic E-state index is 0. The summed E-state index contributed by atoms with van der Waals surface area (Å²) in [6.45, 7) is 8.09. The average Bonchev–Trinajstić information content (AvgIpc) is 3.10. The fourth-order valence-electron chi connectivity index (χ4n) is 2.91. The van der Waals surface area contributed by atoms with Crippen LogP contribution in [0, 0.1) is 20.8 Å². The summed E-state index contributed by atoms with van der Waals surface area (Å²) in [5.41, 5.74) is 4.15. The van der Waals surface area contributed by atoms with Crippen molar-refractivity contribution in [2.24, 2.45) is 4.99 Å². The molecule has 26 heavy (non-hydrogen) atoms. The number of aromatic nitrogens is 3. The summed E-state index contributed by atoms with van der Waals surface area (Å²) in [4.78, 5) is 8.86. The predicted molar refractivity (Wildman–Crippen MR) is 114 cm³/mol. The lowest BCUT2D eigenvalue weighted by molar-refractivity contribution is 0.392. The fourth-order valence-corrected chi connectivity index (χ4v) is 2.91. The number of benzene rings is 1. The summed E-state index contributed by atoms with van der Waals surface area (Å²) in [5.74, 6) is 2.60. The smallest absolute Gasteiger partial charge is 0.191 e. The monoisotopic (exact) mass is 468 g/mol. The van der Waals surface area contributed by atoms with Crippen molar-refractivity contribution in [1.82, 2.24) is 25.3 Å². The highest BCUT2D eigenvalue weighted by Crippen LogP contribution is 2.15. The molecule has 0 aliphatic rings. The van der Waals surface area contributed by atoms with Crippen molar-refractivity contribution in [3.8, 4) is 0 Å². The third-order valence-corrected chi connectivity index (χ3v) is 4.31. The van der Waals surface area contributed by atoms with Gasteiger partial charge in [-0.2, -0.15) is 0 Å². The predicted octanol–water partition coefficient (Wildman–Crippen LogP) is 2.93. The second kappa shape index (κ2) is 9.02. The number of rotatable bonds is 5. The Bertz CT molecular complexity index is 879. The van der Waals surface area contributed by atoms with Crippen molar-refractivity contribution in [1.29, 1.82) is 0 Å². The third-order valence-electron chi connectivity index (χ3n) is 4.31. The van der Waals surface area contributed by atoms with Gasteiger partial charge in [0.25, 0.3) is 0 Å². The van der Waals surface area contributed by atoms with Crippen LogP contribution in [0.2, 0.25) is 0 Å². The molecule has 0 saturated heterocycles. The van der Waals surface area contributed by atoms with E-state index in [1.54, 1.807) is 7.05 Å². The lowest BCUT2D eigenvalue weighted by Crippen LogP contribution is -2.38. The first-order valence-corrected chi connectivity index (χ1v) is 8.38. The summed E-state index contributed by atoms with van der Waals surface area (Å²) in [6, 6.07) is 8.19. The number of halogens is 1. The quantitative estimate of drug-likeness (QED) is 0.342. The molecule has 0 spiro atoms. The van der Waals surface area contributed by atoms with Gasteiger partial charge in [-0.05, 0) is 32.9 Å². The highest BCUT2D eigenvalue weighted by molar-refractivity contribution is 14.0. The Balaban J connectivity index is 0.00000243. The minimum absolute atomic E-state index is 0. The fraction of sp³-hybridized carbons (Fsp3) is 0.389. The molecular weight excluding hydrogens is 443 g/mol. The van der Waals surface area contributed by atoms with Crippen LogP contribution in [0.4, 0.5) is 0 Å². The number of hydrogen-bond acceptors (Lipinski definition) is 4. The Hall–Kier alpha value is -2.10. The van der Waals surface area contributed by atoms with Crippen LogP contribution in [0.3, 0.4) is 0 Å². The molecule has 0 saturated carbocycles. The van der Waals surface area contributed by atoms with Crippen molar-refractivity contribution < 1.29 is 4.52 Å². The van der Waals surface area contributed by atoms with Gasteiger partial charge >= 0.3 is 0 Å². The molecule has 1 aromatic carbocycles. The van der Waals surface area contributed by atoms with E-state index < -0.39 is 0 Å². The minimum Gasteiger partial charge on any atom is -0.361 e. The number of para-hydroxylation sites is 2. The molecule has 140 valence electrons. The molecule has 2 N–H and O–H groups in total. The van der Waals surface area contributed by atoms with Crippen molar-refractivity contribution >= 4 is 41.0 Å². The maximum Gasteiger partial charge on any atom is 0.191 e. The van der Waals surface area contributed by atoms with Crippen LogP contribution in [0.5, 0.6) is 0 Å². The van der Waals surface area contributed by atoms with Gasteiger partial charge in [-0.15, -0.1) is 24.0 Å². The molecule has 3 aromatic rings. The zero-order valence-electron chi connectivity index (χ0n) is 15.5. The molecule has 0 unspecified atom stereocenters. The number of guanidine groups is 1. The summed E-state index contributed by atoms with van der Waals surface area (Å²) >= 11 is 0. The summed E-state index contributed by atoms with van der Waals surface area (Å²) in [6.07, 6.45) is 0. The van der Waals surface area contributed by atoms with Gasteiger partial charge in [0.05, 0.1) is 16.7 Å². The second-order valence-corrected chi connectivity index (χ2v) is 5.95. The van der Waals surface area contributed by atoms with Crippen LogP contribution >= 0.6 is 24.0 Å². The summed E-state index contributed by atoms with van der Waals surface area (Å²) in [5, 5.41) is 10.6. The van der Waals surface area contributed by atoms with Crippen LogP contribution in [0.25, 0.3) is 11.0 Å². The molecule has 0 aliphatic carbocycles. The third kappa shape index (κ3) is 4.35. The van der Waals surface area contributed by atoms with E-state index in [0.29, 0.717) is 6.54 Å². The highest BCUT2D eigenvalue weighted by atomic mass is 127. The number of nitrogens with one attached hydrogen (secondary N) is 2. The molecule has 2 aromatic heterocycles. The van der Waals surface area contributed by atoms with Crippen LogP contribution in [0.1, 0.15) is 22.8 Å². The van der Waals surface area contributed by atoms with E-state index in [1.807, 2.05) is 39.0 Å². The zero-order chi connectivity index (χ0) is 17.8. The molecule has 0 amide bonds. The standard InChI is InChI=1S/C18H24N6O.HI/c1-12-15(13(2)25-23-12)11-21-18(19-4)20-9-10-24-14(3)22-16-7-5-6-8-17(16)24;/h5-8H,9-11H2,1-4H3,(H2,19,20,21);1H. The van der Waals surface area contributed by atoms with E-state index in [1.165, 1.54) is 0 Å². The normalized spacial score (nSPS) is 11.5. The van der Waals surface area contributed by atoms with Gasteiger partial charge in [0.15, 0.2) is 5.96 Å². The molecule has 0 atom stereocenters. The van der Waals surface area contributed by atoms with E-state index in [9.17, 15) is 0 Å². The Morgan fingerprint density at radius 1 is 1.19 bits per heavy atom. The Kier molecular flexibility index (Phi) is 7.01. The van der Waals surface area contributed by atoms with E-state index in [2.05, 4.69) is 36.4 Å². The molecule has 3 rings (SSSR count). The van der Waals surface area contributed by atoms with Crippen LogP contribution in [-0.4, -0.2) is 34.3 Å². The van der Waals surface area contributed by atoms with Crippen LogP contribution < -0.4 is 10.6 Å². The van der Waals surface area contributed by atoms with E-state index in [-0.39, 0.29) is 24.0 Å². The van der Waals surface area contributed by atoms with E-state index >= 15 is 0 Å². The van der Waals surface area contributed by atoms with Gasteiger partial charge in [-0.1, -0.05) is 17.3 Å². The Morgan fingerprint density at radius 2 is 1.96 bits per heavy atom. The second-order valence-electron chi connectivity index (χ2n) is 5.95. The van der Waals surface area contributed by atoms with Gasteiger partial charge in [-0.3, -0.25) is 4.99 Å². The van der Waals surface area contributed by atoms with Crippen molar-refractivity contribution in [2.75, 3.05) is 13.6 Å². The largest absolute Gasteiger partial charge is 0.361 e. The van der Waals surface area contributed by atoms with Gasteiger partial charge in [-0.25, -0.2) is 4.98 Å². The van der Waals surface area contributed by atoms with Crippen molar-refractivity contribution in [3.05, 3.63) is 47.1 Å². The number of imidazole rings is 1. The zero-order valence-corrected chi connectivity index (χ0v) is 17.9. The van der Waals surface area contributed by atoms with Gasteiger partial charge in [0.2, 0.25) is 0 Å². The Labute approximate surface area is 170 Å². The van der Waals surface area contributed by atoms with Crippen molar-refractivity contribution in [2.45, 2.75) is 33.9 Å². The maximum absolute atomic E-state index is 5.18. The van der Waals surface area contributed by atoms with E-state index in [0.717, 1.165) is 52.9 Å². The number of hydrogen-bond donors (Lipinski definition) is 2. The lowest BCUT2D eigenvalue weighted by atomic mass is 10.2. The molecule has 0 aliphatic heterocycles. The molecule has 8 heteroatoms. The first-order valence-electron chi connectivity index (χ1n) is 8.38. The molecular formula is C18H25IN6O. The number of fused-ring (bicyclic) bond motifs is 1. The van der Waals surface area contributed by atoms with Crippen molar-refractivity contribution in [3.63, 3.8) is 0 Å². The molecule has 0 bridgehead atoms. The summed E-state index contributed by atoms with van der Waals surface area (Å²) in [7, 11) is 1.76. The number of nitrogens with zero attached hydrogens (tertiary/aromatic N) is 4. The summed E-state index contributed by atoms with van der Waals surface area (Å²) < 4.78 is 7.40. The number of aliphatic imine (C=N–C) groups is 1. The van der Waals surface area contributed by atoms with Crippen LogP contribution in [-0.2, 0) is 13.1 Å². The average molecular weight is 468 g/mol. The van der Waals surface area contributed by atoms with Gasteiger partial charge in [0.1, 0.15) is 11.6 Å². The van der Waals surface area contributed by atoms with Gasteiger partial charge in [0, 0.05) is 32.2 Å². The first kappa shape index (κ1) is 20.2. The maximum atomic E-state index is 5.18. The van der Waals surface area contributed by atoms with Gasteiger partial charge < -0.3 is 19.7 Å². The van der Waals surface area contributed by atoms with E-state index in [4.69, 9.17) is 4.52 Å². The molecule has 2 heterocycles. The molecule has 0 radical (unpaired) electrons. The number of aryl methyl sites for hydroxylation is 3. The highest BCUT2D eigenvalue weighted by Gasteiger charge is 2.10. The van der Waals surface area contributed by atoms with Crippen LogP contribution in [0.15, 0.2) is 33.8 Å². The lowest BCUT2D eigenvalue weighted by Gasteiger charge is -2.13.